The first-order valence-corrected chi connectivity index (χ1v) is 12.2. The van der Waals surface area contributed by atoms with Crippen molar-refractivity contribution in [2.75, 3.05) is 11.9 Å². The Morgan fingerprint density at radius 1 is 1.06 bits per heavy atom. The third-order valence-electron chi connectivity index (χ3n) is 6.82. The highest BCUT2D eigenvalue weighted by Gasteiger charge is 2.32. The van der Waals surface area contributed by atoms with E-state index in [1.165, 1.54) is 16.5 Å². The Bertz CT molecular complexity index is 1230. The quantitative estimate of drug-likeness (QED) is 0.409. The van der Waals surface area contributed by atoms with Crippen molar-refractivity contribution < 1.29 is 22.8 Å². The van der Waals surface area contributed by atoms with Crippen molar-refractivity contribution in [3.8, 4) is 0 Å². The first kappa shape index (κ1) is 25.7. The van der Waals surface area contributed by atoms with Crippen LogP contribution < -0.4 is 4.90 Å². The summed E-state index contributed by atoms with van der Waals surface area (Å²) in [5.41, 5.74) is 3.46. The molecule has 0 saturated heterocycles. The number of fused-ring (bicyclic) bond motifs is 1. The molecular formula is C28H30F3N3O2. The minimum absolute atomic E-state index is 0.0297. The van der Waals surface area contributed by atoms with E-state index >= 15 is 0 Å². The number of amides is 1. The number of benzene rings is 2. The van der Waals surface area contributed by atoms with E-state index in [0.29, 0.717) is 11.3 Å². The van der Waals surface area contributed by atoms with Crippen molar-refractivity contribution in [3.05, 3.63) is 82.7 Å². The monoisotopic (exact) mass is 497 g/mol. The van der Waals surface area contributed by atoms with Crippen LogP contribution in [0.25, 0.3) is 0 Å². The number of alkyl halides is 3. The van der Waals surface area contributed by atoms with Gasteiger partial charge in [0.2, 0.25) is 5.91 Å². The van der Waals surface area contributed by atoms with E-state index in [9.17, 15) is 22.8 Å². The van der Waals surface area contributed by atoms with Crippen LogP contribution in [0, 0.1) is 12.8 Å². The normalized spacial score (nSPS) is 14.2. The molecule has 0 bridgehead atoms. The maximum atomic E-state index is 13.5. The Labute approximate surface area is 208 Å². The summed E-state index contributed by atoms with van der Waals surface area (Å²) in [4.78, 5) is 28.1. The third kappa shape index (κ3) is 5.86. The van der Waals surface area contributed by atoms with Crippen molar-refractivity contribution in [1.29, 1.82) is 0 Å². The molecule has 0 unspecified atom stereocenters. The summed E-state index contributed by atoms with van der Waals surface area (Å²) in [5, 5.41) is 4.57. The van der Waals surface area contributed by atoms with Crippen LogP contribution >= 0.6 is 0 Å². The van der Waals surface area contributed by atoms with E-state index in [-0.39, 0.29) is 31.1 Å². The van der Waals surface area contributed by atoms with Crippen LogP contribution in [-0.4, -0.2) is 28.5 Å². The molecule has 1 aliphatic rings. The van der Waals surface area contributed by atoms with Gasteiger partial charge in [-0.1, -0.05) is 36.4 Å². The molecule has 0 saturated carbocycles. The Hall–Kier alpha value is -3.42. The first-order chi connectivity index (χ1) is 17.1. The summed E-state index contributed by atoms with van der Waals surface area (Å²) in [5.74, 6) is -1.29. The van der Waals surface area contributed by atoms with Crippen molar-refractivity contribution >= 4 is 17.4 Å². The molecule has 0 aliphatic heterocycles. The average Bonchev–Trinajstić information content (AvgIpc) is 3.18. The number of para-hydroxylation sites is 1. The first-order valence-electron chi connectivity index (χ1n) is 12.2. The number of halogens is 3. The third-order valence-corrected chi connectivity index (χ3v) is 6.82. The van der Waals surface area contributed by atoms with Gasteiger partial charge in [0.15, 0.2) is 5.78 Å². The van der Waals surface area contributed by atoms with Gasteiger partial charge < -0.3 is 4.90 Å². The van der Waals surface area contributed by atoms with Gasteiger partial charge in [0.25, 0.3) is 0 Å². The van der Waals surface area contributed by atoms with Crippen LogP contribution in [0.2, 0.25) is 0 Å². The molecule has 190 valence electrons. The molecule has 5 nitrogen and oxygen atoms in total. The summed E-state index contributed by atoms with van der Waals surface area (Å²) >= 11 is 0. The van der Waals surface area contributed by atoms with E-state index < -0.39 is 17.7 Å². The number of aryl methyl sites for hydroxylation is 1. The van der Waals surface area contributed by atoms with E-state index in [2.05, 4.69) is 5.10 Å². The van der Waals surface area contributed by atoms with Crippen LogP contribution in [0.1, 0.15) is 47.3 Å². The lowest BCUT2D eigenvalue weighted by Gasteiger charge is -2.24. The molecule has 1 heterocycles. The maximum Gasteiger partial charge on any atom is 0.416 e. The van der Waals surface area contributed by atoms with Gasteiger partial charge in [0.1, 0.15) is 0 Å². The van der Waals surface area contributed by atoms with Crippen LogP contribution in [0.3, 0.4) is 0 Å². The number of aromatic nitrogens is 2. The molecule has 1 amide bonds. The predicted molar refractivity (Wildman–Crippen MR) is 132 cm³/mol. The summed E-state index contributed by atoms with van der Waals surface area (Å²) in [7, 11) is 1.62. The minimum atomic E-state index is -4.48. The fourth-order valence-electron chi connectivity index (χ4n) is 4.96. The predicted octanol–water partition coefficient (Wildman–Crippen LogP) is 5.57. The molecule has 1 atom stereocenters. The molecule has 3 aromatic rings. The highest BCUT2D eigenvalue weighted by molar-refractivity contribution is 5.97. The van der Waals surface area contributed by atoms with Gasteiger partial charge >= 0.3 is 6.18 Å². The number of ketones is 1. The molecule has 0 fully saturated rings. The van der Waals surface area contributed by atoms with E-state index in [0.717, 1.165) is 49.2 Å². The molecular weight excluding hydrogens is 467 g/mol. The molecule has 0 radical (unpaired) electrons. The fourth-order valence-corrected chi connectivity index (χ4v) is 4.96. The van der Waals surface area contributed by atoms with E-state index in [1.807, 2.05) is 13.0 Å². The van der Waals surface area contributed by atoms with Crippen molar-refractivity contribution in [3.63, 3.8) is 0 Å². The van der Waals surface area contributed by atoms with Crippen molar-refractivity contribution in [2.45, 2.75) is 58.2 Å². The minimum Gasteiger partial charge on any atom is -0.315 e. The molecule has 1 aromatic heterocycles. The molecule has 1 aliphatic carbocycles. The smallest absolute Gasteiger partial charge is 0.315 e. The summed E-state index contributed by atoms with van der Waals surface area (Å²) in [6.07, 6.45) is -0.566. The van der Waals surface area contributed by atoms with Gasteiger partial charge in [-0.25, -0.2) is 0 Å². The number of carbonyl (C=O) groups excluding carboxylic acids is 2. The second kappa shape index (κ2) is 10.7. The summed E-state index contributed by atoms with van der Waals surface area (Å²) in [6, 6.07) is 13.9. The van der Waals surface area contributed by atoms with Gasteiger partial charge in [-0.3, -0.25) is 14.3 Å². The standard InChI is InChI=1S/C28H30F3N3O2/c1-19-25-13-6-7-14-26(25)34(32-19)18-24(35)17-21(27(36)33(2)23-11-4-3-5-12-23)15-20-9-8-10-22(16-20)28(29,30)31/h3-5,8-12,16,21H,6-7,13-15,17-18H2,1-2H3/t21-/m1/s1. The number of nitrogens with zero attached hydrogens (tertiary/aromatic N) is 3. The largest absolute Gasteiger partial charge is 0.416 e. The van der Waals surface area contributed by atoms with Crippen LogP contribution in [0.5, 0.6) is 0 Å². The highest BCUT2D eigenvalue weighted by atomic mass is 19.4. The second-order valence-corrected chi connectivity index (χ2v) is 9.45. The number of Topliss-reactive ketones (excluding diaryl/α,β-unsaturated/α-hetero) is 1. The fraction of sp³-hybridized carbons (Fsp3) is 0.393. The lowest BCUT2D eigenvalue weighted by atomic mass is 9.91. The summed E-state index contributed by atoms with van der Waals surface area (Å²) in [6.45, 7) is 2.00. The molecule has 0 spiro atoms. The SMILES string of the molecule is Cc1nn(CC(=O)C[C@@H](Cc2cccc(C(F)(F)F)c2)C(=O)N(C)c2ccccc2)c2c1CCCC2. The molecule has 0 N–H and O–H groups in total. The molecule has 8 heteroatoms. The highest BCUT2D eigenvalue weighted by Crippen LogP contribution is 2.31. The topological polar surface area (TPSA) is 55.2 Å². The molecule has 2 aromatic carbocycles. The second-order valence-electron chi connectivity index (χ2n) is 9.45. The Morgan fingerprint density at radius 3 is 2.50 bits per heavy atom. The van der Waals surface area contributed by atoms with Gasteiger partial charge in [-0.15, -0.1) is 0 Å². The Kier molecular flexibility index (Phi) is 7.62. The number of hydrogen-bond donors (Lipinski definition) is 0. The average molecular weight is 498 g/mol. The van der Waals surface area contributed by atoms with Crippen LogP contribution in [-0.2, 0) is 41.6 Å². The van der Waals surface area contributed by atoms with Gasteiger partial charge in [-0.2, -0.15) is 18.3 Å². The van der Waals surface area contributed by atoms with Gasteiger partial charge in [-0.05, 0) is 68.4 Å². The lowest BCUT2D eigenvalue weighted by Crippen LogP contribution is -2.35. The van der Waals surface area contributed by atoms with Gasteiger partial charge in [0, 0.05) is 30.8 Å². The number of rotatable bonds is 8. The van der Waals surface area contributed by atoms with Gasteiger partial charge in [0.05, 0.1) is 17.8 Å². The zero-order valence-corrected chi connectivity index (χ0v) is 20.5. The number of carbonyl (C=O) groups is 2. The lowest BCUT2D eigenvalue weighted by molar-refractivity contribution is -0.137. The van der Waals surface area contributed by atoms with Crippen LogP contribution in [0.4, 0.5) is 18.9 Å². The molecule has 36 heavy (non-hydrogen) atoms. The Balaban J connectivity index is 1.57. The number of anilines is 1. The molecule has 4 rings (SSSR count). The Morgan fingerprint density at radius 2 is 1.78 bits per heavy atom. The summed E-state index contributed by atoms with van der Waals surface area (Å²) < 4.78 is 41.5. The number of hydrogen-bond acceptors (Lipinski definition) is 3. The van der Waals surface area contributed by atoms with Crippen LogP contribution in [0.15, 0.2) is 54.6 Å². The van der Waals surface area contributed by atoms with E-state index in [4.69, 9.17) is 0 Å². The van der Waals surface area contributed by atoms with E-state index in [1.54, 1.807) is 42.1 Å². The zero-order chi connectivity index (χ0) is 25.9. The van der Waals surface area contributed by atoms with Crippen molar-refractivity contribution in [2.24, 2.45) is 5.92 Å². The maximum absolute atomic E-state index is 13.5. The zero-order valence-electron chi connectivity index (χ0n) is 20.5. The van der Waals surface area contributed by atoms with Crippen molar-refractivity contribution in [1.82, 2.24) is 9.78 Å².